The average molecular weight is 321 g/mol. The Kier molecular flexibility index (Phi) is 5.95. The lowest BCUT2D eigenvalue weighted by Gasteiger charge is -2.29. The van der Waals surface area contributed by atoms with Crippen LogP contribution < -0.4 is 15.4 Å². The number of amides is 2. The van der Waals surface area contributed by atoms with Crippen molar-refractivity contribution < 1.29 is 19.1 Å². The molecule has 1 saturated heterocycles. The molecule has 0 saturated carbocycles. The Balaban J connectivity index is 1.87. The number of likely N-dealkylation sites (N-methyl/N-ethyl adjacent to an activating group) is 1. The van der Waals surface area contributed by atoms with Gasteiger partial charge in [0.15, 0.2) is 6.61 Å². The van der Waals surface area contributed by atoms with Crippen molar-refractivity contribution >= 4 is 17.5 Å². The highest BCUT2D eigenvalue weighted by Gasteiger charge is 2.28. The van der Waals surface area contributed by atoms with Crippen LogP contribution in [0.4, 0.5) is 5.69 Å². The molecule has 7 nitrogen and oxygen atoms in total. The van der Waals surface area contributed by atoms with Gasteiger partial charge in [0, 0.05) is 26.3 Å². The maximum absolute atomic E-state index is 12.2. The Hall–Kier alpha value is -2.12. The SMILES string of the molecule is C[C@H]1OCCN[C@@H]1C(=O)Nc1ccc(OCC(=O)N(C)C)cc1. The first-order valence-electron chi connectivity index (χ1n) is 7.56. The van der Waals surface area contributed by atoms with Gasteiger partial charge in [0.25, 0.3) is 5.91 Å². The number of carbonyl (C=O) groups excluding carboxylic acids is 2. The fourth-order valence-corrected chi connectivity index (χ4v) is 2.16. The van der Waals surface area contributed by atoms with Crippen molar-refractivity contribution in [1.82, 2.24) is 10.2 Å². The van der Waals surface area contributed by atoms with E-state index >= 15 is 0 Å². The lowest BCUT2D eigenvalue weighted by Crippen LogP contribution is -2.53. The van der Waals surface area contributed by atoms with E-state index in [2.05, 4.69) is 10.6 Å². The van der Waals surface area contributed by atoms with Crippen molar-refractivity contribution in [3.63, 3.8) is 0 Å². The van der Waals surface area contributed by atoms with Gasteiger partial charge in [-0.25, -0.2) is 0 Å². The largest absolute Gasteiger partial charge is 0.484 e. The maximum atomic E-state index is 12.2. The van der Waals surface area contributed by atoms with E-state index in [1.165, 1.54) is 4.90 Å². The summed E-state index contributed by atoms with van der Waals surface area (Å²) in [6, 6.07) is 6.54. The number of anilines is 1. The molecule has 1 aliphatic heterocycles. The summed E-state index contributed by atoms with van der Waals surface area (Å²) in [5, 5.41) is 5.98. The van der Waals surface area contributed by atoms with Crippen LogP contribution in [-0.2, 0) is 14.3 Å². The minimum atomic E-state index is -0.364. The predicted molar refractivity (Wildman–Crippen MR) is 86.5 cm³/mol. The van der Waals surface area contributed by atoms with Crippen molar-refractivity contribution in [2.45, 2.75) is 19.1 Å². The van der Waals surface area contributed by atoms with Gasteiger partial charge in [-0.15, -0.1) is 0 Å². The van der Waals surface area contributed by atoms with E-state index < -0.39 is 0 Å². The summed E-state index contributed by atoms with van der Waals surface area (Å²) < 4.78 is 10.8. The van der Waals surface area contributed by atoms with Crippen molar-refractivity contribution in [3.8, 4) is 5.75 Å². The van der Waals surface area contributed by atoms with Crippen LogP contribution in [-0.4, -0.2) is 62.7 Å². The van der Waals surface area contributed by atoms with Crippen molar-refractivity contribution in [3.05, 3.63) is 24.3 Å². The molecule has 1 heterocycles. The van der Waals surface area contributed by atoms with E-state index in [1.54, 1.807) is 38.4 Å². The van der Waals surface area contributed by atoms with Crippen LogP contribution in [0.25, 0.3) is 0 Å². The number of rotatable bonds is 5. The van der Waals surface area contributed by atoms with Crippen LogP contribution in [0, 0.1) is 0 Å². The first kappa shape index (κ1) is 17.2. The number of benzene rings is 1. The van der Waals surface area contributed by atoms with Crippen LogP contribution in [0.2, 0.25) is 0 Å². The normalized spacial score (nSPS) is 20.7. The van der Waals surface area contributed by atoms with Crippen molar-refractivity contribution in [1.29, 1.82) is 0 Å². The molecule has 0 aromatic heterocycles. The lowest BCUT2D eigenvalue weighted by atomic mass is 10.1. The highest BCUT2D eigenvalue weighted by atomic mass is 16.5. The van der Waals surface area contributed by atoms with E-state index in [9.17, 15) is 9.59 Å². The highest BCUT2D eigenvalue weighted by Crippen LogP contribution is 2.16. The predicted octanol–water partition coefficient (Wildman–Crippen LogP) is 0.469. The summed E-state index contributed by atoms with van der Waals surface area (Å²) in [4.78, 5) is 25.1. The number of nitrogens with one attached hydrogen (secondary N) is 2. The fraction of sp³-hybridized carbons (Fsp3) is 0.500. The van der Waals surface area contributed by atoms with Gasteiger partial charge in [-0.1, -0.05) is 0 Å². The molecule has 2 rings (SSSR count). The van der Waals surface area contributed by atoms with Gasteiger partial charge in [0.05, 0.1) is 12.7 Å². The number of hydrogen-bond acceptors (Lipinski definition) is 5. The molecule has 1 aliphatic rings. The van der Waals surface area contributed by atoms with Crippen molar-refractivity contribution in [2.24, 2.45) is 0 Å². The number of hydrogen-bond donors (Lipinski definition) is 2. The van der Waals surface area contributed by atoms with Crippen LogP contribution in [0.15, 0.2) is 24.3 Å². The van der Waals surface area contributed by atoms with Crippen LogP contribution in [0.5, 0.6) is 5.75 Å². The fourth-order valence-electron chi connectivity index (χ4n) is 2.16. The first-order valence-corrected chi connectivity index (χ1v) is 7.56. The molecule has 0 aliphatic carbocycles. The third-order valence-electron chi connectivity index (χ3n) is 3.58. The quantitative estimate of drug-likeness (QED) is 0.824. The second-order valence-corrected chi connectivity index (χ2v) is 5.60. The molecule has 7 heteroatoms. The molecule has 2 amide bonds. The molecule has 1 fully saturated rings. The summed E-state index contributed by atoms with van der Waals surface area (Å²) in [7, 11) is 3.35. The topological polar surface area (TPSA) is 79.9 Å². The van der Waals surface area contributed by atoms with Gasteiger partial charge in [-0.2, -0.15) is 0 Å². The number of nitrogens with zero attached hydrogens (tertiary/aromatic N) is 1. The zero-order valence-corrected chi connectivity index (χ0v) is 13.7. The molecule has 1 aromatic rings. The molecule has 0 unspecified atom stereocenters. The number of ether oxygens (including phenoxy) is 2. The summed E-state index contributed by atoms with van der Waals surface area (Å²) in [6.45, 7) is 3.13. The molecule has 2 atom stereocenters. The first-order chi connectivity index (χ1) is 11.0. The van der Waals surface area contributed by atoms with E-state index in [-0.39, 0.29) is 30.6 Å². The zero-order valence-electron chi connectivity index (χ0n) is 13.7. The van der Waals surface area contributed by atoms with E-state index in [0.717, 1.165) is 0 Å². The molecule has 0 radical (unpaired) electrons. The molecule has 126 valence electrons. The van der Waals surface area contributed by atoms with Gasteiger partial charge >= 0.3 is 0 Å². The Morgan fingerprint density at radius 2 is 2.04 bits per heavy atom. The Labute approximate surface area is 135 Å². The van der Waals surface area contributed by atoms with Crippen LogP contribution >= 0.6 is 0 Å². The second-order valence-electron chi connectivity index (χ2n) is 5.60. The van der Waals surface area contributed by atoms with E-state index in [0.29, 0.717) is 24.6 Å². The van der Waals surface area contributed by atoms with Gasteiger partial charge in [-0.05, 0) is 31.2 Å². The second kappa shape index (κ2) is 7.94. The number of carbonyl (C=O) groups is 2. The molecule has 1 aromatic carbocycles. The summed E-state index contributed by atoms with van der Waals surface area (Å²) in [6.07, 6.45) is -0.164. The van der Waals surface area contributed by atoms with Gasteiger partial charge in [0.2, 0.25) is 5.91 Å². The Bertz CT molecular complexity index is 545. The van der Waals surface area contributed by atoms with Crippen molar-refractivity contribution in [2.75, 3.05) is 39.2 Å². The minimum Gasteiger partial charge on any atom is -0.484 e. The molecular weight excluding hydrogens is 298 g/mol. The molecule has 23 heavy (non-hydrogen) atoms. The average Bonchev–Trinajstić information content (AvgIpc) is 2.54. The summed E-state index contributed by atoms with van der Waals surface area (Å²) in [5.74, 6) is 0.332. The Morgan fingerprint density at radius 1 is 1.35 bits per heavy atom. The summed E-state index contributed by atoms with van der Waals surface area (Å²) in [5.41, 5.74) is 0.667. The van der Waals surface area contributed by atoms with Gasteiger partial charge in [0.1, 0.15) is 11.8 Å². The summed E-state index contributed by atoms with van der Waals surface area (Å²) >= 11 is 0. The lowest BCUT2D eigenvalue weighted by molar-refractivity contribution is -0.130. The standard InChI is InChI=1S/C16H23N3O4/c1-11-15(17-8-9-22-11)16(21)18-12-4-6-13(7-5-12)23-10-14(20)19(2)3/h4-7,11,15,17H,8-10H2,1-3H3,(H,18,21)/t11-,15+/m1/s1. The zero-order chi connectivity index (χ0) is 16.8. The van der Waals surface area contributed by atoms with Gasteiger partial charge in [-0.3, -0.25) is 9.59 Å². The van der Waals surface area contributed by atoms with E-state index in [4.69, 9.17) is 9.47 Å². The van der Waals surface area contributed by atoms with Crippen LogP contribution in [0.1, 0.15) is 6.92 Å². The number of morpholine rings is 1. The molecular formula is C16H23N3O4. The third kappa shape index (κ3) is 4.94. The van der Waals surface area contributed by atoms with E-state index in [1.807, 2.05) is 6.92 Å². The molecule has 0 bridgehead atoms. The molecule has 2 N–H and O–H groups in total. The van der Waals surface area contributed by atoms with Gasteiger partial charge < -0.3 is 25.0 Å². The smallest absolute Gasteiger partial charge is 0.259 e. The highest BCUT2D eigenvalue weighted by molar-refractivity contribution is 5.95. The van der Waals surface area contributed by atoms with Crippen LogP contribution in [0.3, 0.4) is 0 Å². The minimum absolute atomic E-state index is 0.0143. The Morgan fingerprint density at radius 3 is 2.65 bits per heavy atom. The molecule has 0 spiro atoms. The maximum Gasteiger partial charge on any atom is 0.259 e. The third-order valence-corrected chi connectivity index (χ3v) is 3.58. The monoisotopic (exact) mass is 321 g/mol.